The number of methoxy groups -OCH3 is 1. The van der Waals surface area contributed by atoms with Gasteiger partial charge in [0.2, 0.25) is 5.91 Å². The predicted molar refractivity (Wildman–Crippen MR) is 134 cm³/mol. The number of aromatic nitrogens is 2. The highest BCUT2D eigenvalue weighted by Gasteiger charge is 2.32. The molecule has 36 heavy (non-hydrogen) atoms. The number of nitrogens with zero attached hydrogens (tertiary/aromatic N) is 4. The van der Waals surface area contributed by atoms with Gasteiger partial charge in [0.1, 0.15) is 11.4 Å². The Balaban J connectivity index is 1.57. The van der Waals surface area contributed by atoms with Crippen LogP contribution in [0.25, 0.3) is 11.0 Å². The van der Waals surface area contributed by atoms with Crippen molar-refractivity contribution in [1.29, 1.82) is 5.26 Å². The second-order valence-corrected chi connectivity index (χ2v) is 8.56. The maximum absolute atomic E-state index is 13.1. The van der Waals surface area contributed by atoms with Gasteiger partial charge >= 0.3 is 5.97 Å². The topological polar surface area (TPSA) is 117 Å². The summed E-state index contributed by atoms with van der Waals surface area (Å²) in [5.74, 6) is -0.712. The van der Waals surface area contributed by atoms with E-state index in [4.69, 9.17) is 19.4 Å². The van der Waals surface area contributed by atoms with Crippen molar-refractivity contribution in [2.24, 2.45) is 5.92 Å². The molecule has 4 rings (SSSR count). The average molecular weight is 488 g/mol. The van der Waals surface area contributed by atoms with Gasteiger partial charge in [-0.2, -0.15) is 5.26 Å². The van der Waals surface area contributed by atoms with Crippen LogP contribution in [0.5, 0.6) is 5.75 Å². The lowest BCUT2D eigenvalue weighted by molar-refractivity contribution is -0.148. The quantitative estimate of drug-likeness (QED) is 0.481. The van der Waals surface area contributed by atoms with E-state index in [0.717, 1.165) is 11.3 Å². The largest absolute Gasteiger partial charge is 0.497 e. The molecule has 0 saturated carbocycles. The van der Waals surface area contributed by atoms with Crippen molar-refractivity contribution in [3.05, 3.63) is 59.8 Å². The van der Waals surface area contributed by atoms with E-state index >= 15 is 0 Å². The van der Waals surface area contributed by atoms with Gasteiger partial charge in [-0.25, -0.2) is 9.97 Å². The van der Waals surface area contributed by atoms with E-state index in [-0.39, 0.29) is 18.4 Å². The standard InChI is InChI=1S/C27H29N5O4/c1-3-36-27(34)19-12-14-32(15-13-19)25-24(30-22-6-4-5-7-23(22)31-25)21(16-28)26(33)29-17-18-8-10-20(35-2)11-9-18/h4-11,19,21H,3,12-15,17H2,1-2H3,(H,29,33)/t21-/m0/s1. The van der Waals surface area contributed by atoms with Crippen LogP contribution in [0.4, 0.5) is 5.82 Å². The zero-order valence-electron chi connectivity index (χ0n) is 20.4. The number of benzene rings is 2. The molecule has 1 N–H and O–H groups in total. The van der Waals surface area contributed by atoms with Gasteiger partial charge in [0.05, 0.1) is 36.7 Å². The number of hydrogen-bond acceptors (Lipinski definition) is 8. The van der Waals surface area contributed by atoms with Crippen molar-refractivity contribution >= 4 is 28.7 Å². The Kier molecular flexibility index (Phi) is 7.95. The summed E-state index contributed by atoms with van der Waals surface area (Å²) < 4.78 is 10.3. The van der Waals surface area contributed by atoms with Gasteiger partial charge in [0.25, 0.3) is 0 Å². The molecule has 1 aromatic heterocycles. The van der Waals surface area contributed by atoms with Gasteiger partial charge in [0, 0.05) is 19.6 Å². The molecule has 1 saturated heterocycles. The Bertz CT molecular complexity index is 1260. The van der Waals surface area contributed by atoms with Crippen LogP contribution in [0.1, 0.15) is 36.9 Å². The molecule has 0 radical (unpaired) electrons. The van der Waals surface area contributed by atoms with Gasteiger partial charge in [-0.15, -0.1) is 0 Å². The number of nitrogens with one attached hydrogen (secondary N) is 1. The number of rotatable bonds is 8. The van der Waals surface area contributed by atoms with Crippen molar-refractivity contribution in [1.82, 2.24) is 15.3 Å². The van der Waals surface area contributed by atoms with Crippen LogP contribution in [0.2, 0.25) is 0 Å². The second kappa shape index (κ2) is 11.5. The molecule has 9 nitrogen and oxygen atoms in total. The summed E-state index contributed by atoms with van der Waals surface area (Å²) in [6, 6.07) is 16.9. The fraction of sp³-hybridized carbons (Fsp3) is 0.370. The number of anilines is 1. The van der Waals surface area contributed by atoms with E-state index in [1.807, 2.05) is 53.4 Å². The third-order valence-electron chi connectivity index (χ3n) is 6.28. The minimum Gasteiger partial charge on any atom is -0.497 e. The molecular formula is C27H29N5O4. The lowest BCUT2D eigenvalue weighted by atomic mass is 9.96. The monoisotopic (exact) mass is 487 g/mol. The fourth-order valence-electron chi connectivity index (χ4n) is 4.30. The van der Waals surface area contributed by atoms with Crippen LogP contribution in [0.15, 0.2) is 48.5 Å². The van der Waals surface area contributed by atoms with Gasteiger partial charge in [-0.1, -0.05) is 24.3 Å². The molecular weight excluding hydrogens is 458 g/mol. The predicted octanol–water partition coefficient (Wildman–Crippen LogP) is 3.34. The minimum atomic E-state index is -1.14. The van der Waals surface area contributed by atoms with Crippen molar-refractivity contribution in [2.45, 2.75) is 32.2 Å². The number of nitriles is 1. The molecule has 0 spiro atoms. The Hall–Kier alpha value is -4.19. The molecule has 186 valence electrons. The number of carbonyl (C=O) groups is 2. The Morgan fingerprint density at radius 3 is 2.39 bits per heavy atom. The molecule has 1 amide bonds. The number of piperidine rings is 1. The van der Waals surface area contributed by atoms with E-state index in [1.165, 1.54) is 0 Å². The highest BCUT2D eigenvalue weighted by molar-refractivity contribution is 5.89. The average Bonchev–Trinajstić information content (AvgIpc) is 2.92. The van der Waals surface area contributed by atoms with E-state index < -0.39 is 11.8 Å². The van der Waals surface area contributed by atoms with Gasteiger partial charge in [-0.3, -0.25) is 9.59 Å². The Labute approximate surface area is 210 Å². The molecule has 9 heteroatoms. The first kappa shape index (κ1) is 24.9. The lowest BCUT2D eigenvalue weighted by Crippen LogP contribution is -2.39. The highest BCUT2D eigenvalue weighted by atomic mass is 16.5. The molecule has 1 aliphatic heterocycles. The van der Waals surface area contributed by atoms with Crippen LogP contribution in [0.3, 0.4) is 0 Å². The zero-order chi connectivity index (χ0) is 25.5. The molecule has 0 aliphatic carbocycles. The van der Waals surface area contributed by atoms with Crippen molar-refractivity contribution in [3.8, 4) is 11.8 Å². The Morgan fingerprint density at radius 2 is 1.78 bits per heavy atom. The van der Waals surface area contributed by atoms with Crippen LogP contribution < -0.4 is 15.0 Å². The van der Waals surface area contributed by atoms with Gasteiger partial charge in [0.15, 0.2) is 11.7 Å². The van der Waals surface area contributed by atoms with E-state index in [2.05, 4.69) is 11.4 Å². The maximum Gasteiger partial charge on any atom is 0.309 e. The molecule has 3 aromatic rings. The van der Waals surface area contributed by atoms with Crippen molar-refractivity contribution in [3.63, 3.8) is 0 Å². The number of esters is 1. The summed E-state index contributed by atoms with van der Waals surface area (Å²) in [4.78, 5) is 36.8. The molecule has 1 fully saturated rings. The minimum absolute atomic E-state index is 0.169. The first-order chi connectivity index (χ1) is 17.5. The first-order valence-electron chi connectivity index (χ1n) is 12.0. The summed E-state index contributed by atoms with van der Waals surface area (Å²) in [5, 5.41) is 12.9. The summed E-state index contributed by atoms with van der Waals surface area (Å²) >= 11 is 0. The molecule has 2 heterocycles. The molecule has 0 unspecified atom stereocenters. The molecule has 1 aliphatic rings. The van der Waals surface area contributed by atoms with Crippen LogP contribution in [-0.2, 0) is 20.9 Å². The summed E-state index contributed by atoms with van der Waals surface area (Å²) in [6.07, 6.45) is 1.21. The van der Waals surface area contributed by atoms with Crippen molar-refractivity contribution < 1.29 is 19.1 Å². The number of carbonyl (C=O) groups excluding carboxylic acids is 2. The van der Waals surface area contributed by atoms with Crippen LogP contribution >= 0.6 is 0 Å². The number of hydrogen-bond donors (Lipinski definition) is 1. The van der Waals surface area contributed by atoms with Gasteiger partial charge in [-0.05, 0) is 49.6 Å². The van der Waals surface area contributed by atoms with Crippen molar-refractivity contribution in [2.75, 3.05) is 31.7 Å². The maximum atomic E-state index is 13.1. The summed E-state index contributed by atoms with van der Waals surface area (Å²) in [7, 11) is 1.59. The SMILES string of the molecule is CCOC(=O)C1CCN(c2nc3ccccc3nc2[C@H](C#N)C(=O)NCc2ccc(OC)cc2)CC1. The molecule has 2 aromatic carbocycles. The Morgan fingerprint density at radius 1 is 1.11 bits per heavy atom. The normalized spacial score (nSPS) is 14.6. The third-order valence-corrected chi connectivity index (χ3v) is 6.28. The second-order valence-electron chi connectivity index (χ2n) is 8.56. The summed E-state index contributed by atoms with van der Waals surface area (Å²) in [6.45, 7) is 3.52. The van der Waals surface area contributed by atoms with Crippen LogP contribution in [-0.4, -0.2) is 48.7 Å². The van der Waals surface area contributed by atoms with E-state index in [9.17, 15) is 14.9 Å². The third kappa shape index (κ3) is 5.54. The molecule has 1 atom stereocenters. The number of ether oxygens (including phenoxy) is 2. The highest BCUT2D eigenvalue weighted by Crippen LogP contribution is 2.31. The lowest BCUT2D eigenvalue weighted by Gasteiger charge is -2.33. The van der Waals surface area contributed by atoms with Gasteiger partial charge < -0.3 is 19.7 Å². The van der Waals surface area contributed by atoms with E-state index in [0.29, 0.717) is 55.1 Å². The first-order valence-corrected chi connectivity index (χ1v) is 12.0. The number of fused-ring (bicyclic) bond motifs is 1. The van der Waals surface area contributed by atoms with E-state index in [1.54, 1.807) is 14.0 Å². The zero-order valence-corrected chi connectivity index (χ0v) is 20.4. The number of amides is 1. The number of para-hydroxylation sites is 2. The summed E-state index contributed by atoms with van der Waals surface area (Å²) in [5.41, 5.74) is 2.49. The van der Waals surface area contributed by atoms with Crippen LogP contribution in [0, 0.1) is 17.2 Å². The molecule has 0 bridgehead atoms. The fourth-order valence-corrected chi connectivity index (χ4v) is 4.30. The smallest absolute Gasteiger partial charge is 0.309 e.